The molecule has 0 aliphatic carbocycles. The molecule has 1 saturated heterocycles. The molecule has 1 aromatic carbocycles. The lowest BCUT2D eigenvalue weighted by Crippen LogP contribution is -2.43. The van der Waals surface area contributed by atoms with Gasteiger partial charge in [0, 0.05) is 25.7 Å². The lowest BCUT2D eigenvalue weighted by Gasteiger charge is -2.26. The third-order valence-corrected chi connectivity index (χ3v) is 3.38. The summed E-state index contributed by atoms with van der Waals surface area (Å²) in [7, 11) is 3.07. The number of benzene rings is 1. The summed E-state index contributed by atoms with van der Waals surface area (Å²) in [6.07, 6.45) is 0.465. The summed E-state index contributed by atoms with van der Waals surface area (Å²) in [5.41, 5.74) is 0.502. The van der Waals surface area contributed by atoms with E-state index in [1.54, 1.807) is 30.2 Å². The Kier molecular flexibility index (Phi) is 5.90. The molecule has 0 saturated carbocycles. The van der Waals surface area contributed by atoms with Gasteiger partial charge in [0.25, 0.3) is 0 Å². The number of rotatable bonds is 6. The van der Waals surface area contributed by atoms with Crippen LogP contribution in [0.1, 0.15) is 6.42 Å². The average molecular weight is 323 g/mol. The maximum atomic E-state index is 12.0. The fraction of sp³-hybridized carbons (Fsp3) is 0.467. The standard InChI is InChI=1S/C15H21N3O5/c1-21-11-4-5-13(22-2)12(10-11)17-14(19)16-6-8-18-7-3-9-23-15(18)20/h4-5,10H,3,6-9H2,1-2H3,(H2,16,17,19). The molecule has 23 heavy (non-hydrogen) atoms. The van der Waals surface area contributed by atoms with Crippen LogP contribution in [0.4, 0.5) is 15.3 Å². The van der Waals surface area contributed by atoms with E-state index in [2.05, 4.69) is 10.6 Å². The molecule has 2 N–H and O–H groups in total. The van der Waals surface area contributed by atoms with Gasteiger partial charge in [0.1, 0.15) is 11.5 Å². The molecule has 0 radical (unpaired) electrons. The Bertz CT molecular complexity index is 564. The van der Waals surface area contributed by atoms with Crippen LogP contribution >= 0.6 is 0 Å². The van der Waals surface area contributed by atoms with Crippen LogP contribution in [0.25, 0.3) is 0 Å². The Hall–Kier alpha value is -2.64. The summed E-state index contributed by atoms with van der Waals surface area (Å²) in [5, 5.41) is 5.39. The number of ether oxygens (including phenoxy) is 3. The molecule has 0 unspecified atom stereocenters. The van der Waals surface area contributed by atoms with Crippen molar-refractivity contribution in [3.8, 4) is 11.5 Å². The number of hydrogen-bond donors (Lipinski definition) is 2. The molecule has 126 valence electrons. The molecule has 3 amide bonds. The van der Waals surface area contributed by atoms with Gasteiger partial charge in [-0.2, -0.15) is 0 Å². The molecule has 0 bridgehead atoms. The maximum absolute atomic E-state index is 12.0. The number of anilines is 1. The van der Waals surface area contributed by atoms with Crippen LogP contribution in [-0.2, 0) is 4.74 Å². The highest BCUT2D eigenvalue weighted by Crippen LogP contribution is 2.28. The van der Waals surface area contributed by atoms with Crippen LogP contribution in [0.2, 0.25) is 0 Å². The Morgan fingerprint density at radius 1 is 1.35 bits per heavy atom. The Balaban J connectivity index is 1.83. The fourth-order valence-electron chi connectivity index (χ4n) is 2.18. The van der Waals surface area contributed by atoms with Gasteiger partial charge in [-0.05, 0) is 18.6 Å². The van der Waals surface area contributed by atoms with E-state index in [9.17, 15) is 9.59 Å². The highest BCUT2D eigenvalue weighted by atomic mass is 16.6. The maximum Gasteiger partial charge on any atom is 0.409 e. The van der Waals surface area contributed by atoms with Crippen molar-refractivity contribution in [1.29, 1.82) is 0 Å². The lowest BCUT2D eigenvalue weighted by molar-refractivity contribution is 0.0736. The van der Waals surface area contributed by atoms with Crippen LogP contribution in [-0.4, -0.2) is 57.5 Å². The summed E-state index contributed by atoms with van der Waals surface area (Å²) in [4.78, 5) is 25.0. The van der Waals surface area contributed by atoms with Crippen molar-refractivity contribution in [1.82, 2.24) is 10.2 Å². The van der Waals surface area contributed by atoms with Crippen LogP contribution < -0.4 is 20.1 Å². The van der Waals surface area contributed by atoms with Gasteiger partial charge in [-0.3, -0.25) is 0 Å². The minimum Gasteiger partial charge on any atom is -0.497 e. The van der Waals surface area contributed by atoms with E-state index in [4.69, 9.17) is 14.2 Å². The lowest BCUT2D eigenvalue weighted by atomic mass is 10.2. The summed E-state index contributed by atoms with van der Waals surface area (Å²) in [5.74, 6) is 1.14. The van der Waals surface area contributed by atoms with Crippen molar-refractivity contribution < 1.29 is 23.8 Å². The van der Waals surface area contributed by atoms with E-state index in [1.807, 2.05) is 0 Å². The Morgan fingerprint density at radius 2 is 2.17 bits per heavy atom. The molecule has 8 heteroatoms. The minimum atomic E-state index is -0.387. The monoisotopic (exact) mass is 323 g/mol. The van der Waals surface area contributed by atoms with E-state index in [0.29, 0.717) is 43.4 Å². The zero-order valence-electron chi connectivity index (χ0n) is 13.3. The van der Waals surface area contributed by atoms with Gasteiger partial charge in [-0.25, -0.2) is 9.59 Å². The van der Waals surface area contributed by atoms with Gasteiger partial charge in [0.05, 0.1) is 26.5 Å². The Morgan fingerprint density at radius 3 is 2.87 bits per heavy atom. The van der Waals surface area contributed by atoms with E-state index in [0.717, 1.165) is 6.42 Å². The van der Waals surface area contributed by atoms with Crippen molar-refractivity contribution in [3.05, 3.63) is 18.2 Å². The first kappa shape index (κ1) is 16.7. The van der Waals surface area contributed by atoms with E-state index < -0.39 is 0 Å². The number of carbonyl (C=O) groups is 2. The van der Waals surface area contributed by atoms with Crippen molar-refractivity contribution in [2.45, 2.75) is 6.42 Å². The molecule has 0 atom stereocenters. The second-order valence-corrected chi connectivity index (χ2v) is 4.90. The predicted molar refractivity (Wildman–Crippen MR) is 84.1 cm³/mol. The fourth-order valence-corrected chi connectivity index (χ4v) is 2.18. The number of amides is 3. The predicted octanol–water partition coefficient (Wildman–Crippen LogP) is 1.67. The second-order valence-electron chi connectivity index (χ2n) is 4.90. The molecular weight excluding hydrogens is 302 g/mol. The zero-order chi connectivity index (χ0) is 16.7. The molecule has 1 fully saturated rings. The highest BCUT2D eigenvalue weighted by molar-refractivity contribution is 5.91. The summed E-state index contributed by atoms with van der Waals surface area (Å²) in [6.45, 7) is 1.83. The van der Waals surface area contributed by atoms with Gasteiger partial charge in [0.15, 0.2) is 0 Å². The van der Waals surface area contributed by atoms with Gasteiger partial charge in [-0.15, -0.1) is 0 Å². The van der Waals surface area contributed by atoms with Gasteiger partial charge in [0.2, 0.25) is 0 Å². The molecule has 0 aromatic heterocycles. The normalized spacial score (nSPS) is 14.0. The second kappa shape index (κ2) is 8.11. The molecule has 0 spiro atoms. The van der Waals surface area contributed by atoms with Gasteiger partial charge >= 0.3 is 12.1 Å². The molecule has 1 aliphatic rings. The number of nitrogens with one attached hydrogen (secondary N) is 2. The zero-order valence-corrected chi connectivity index (χ0v) is 13.3. The first-order chi connectivity index (χ1) is 11.1. The number of methoxy groups -OCH3 is 2. The van der Waals surface area contributed by atoms with Gasteiger partial charge in [-0.1, -0.05) is 0 Å². The first-order valence-corrected chi connectivity index (χ1v) is 7.32. The smallest absolute Gasteiger partial charge is 0.409 e. The van der Waals surface area contributed by atoms with E-state index >= 15 is 0 Å². The van der Waals surface area contributed by atoms with E-state index in [1.165, 1.54) is 7.11 Å². The Labute approximate surface area is 134 Å². The van der Waals surface area contributed by atoms with Crippen LogP contribution in [0.3, 0.4) is 0 Å². The number of urea groups is 1. The minimum absolute atomic E-state index is 0.327. The largest absolute Gasteiger partial charge is 0.497 e. The third kappa shape index (κ3) is 4.67. The average Bonchev–Trinajstić information content (AvgIpc) is 2.56. The summed E-state index contributed by atoms with van der Waals surface area (Å²) < 4.78 is 15.2. The number of cyclic esters (lactones) is 1. The third-order valence-electron chi connectivity index (χ3n) is 3.38. The number of hydrogen-bond acceptors (Lipinski definition) is 5. The molecular formula is C15H21N3O5. The molecule has 1 aromatic rings. The van der Waals surface area contributed by atoms with Crippen molar-refractivity contribution in [2.24, 2.45) is 0 Å². The SMILES string of the molecule is COc1ccc(OC)c(NC(=O)NCCN2CCCOC2=O)c1. The highest BCUT2D eigenvalue weighted by Gasteiger charge is 2.19. The van der Waals surface area contributed by atoms with Crippen LogP contribution in [0, 0.1) is 0 Å². The molecule has 8 nitrogen and oxygen atoms in total. The summed E-state index contributed by atoms with van der Waals surface area (Å²) >= 11 is 0. The van der Waals surface area contributed by atoms with Crippen molar-refractivity contribution in [3.63, 3.8) is 0 Å². The summed E-state index contributed by atoms with van der Waals surface area (Å²) in [6, 6.07) is 4.73. The molecule has 1 aliphatic heterocycles. The van der Waals surface area contributed by atoms with Crippen LogP contribution in [0.5, 0.6) is 11.5 Å². The quantitative estimate of drug-likeness (QED) is 0.831. The van der Waals surface area contributed by atoms with Crippen LogP contribution in [0.15, 0.2) is 18.2 Å². The number of carbonyl (C=O) groups excluding carboxylic acids is 2. The molecule has 2 rings (SSSR count). The molecule has 1 heterocycles. The van der Waals surface area contributed by atoms with Gasteiger partial charge < -0.3 is 29.7 Å². The topological polar surface area (TPSA) is 89.1 Å². The first-order valence-electron chi connectivity index (χ1n) is 7.32. The van der Waals surface area contributed by atoms with E-state index in [-0.39, 0.29) is 12.1 Å². The van der Waals surface area contributed by atoms with Crippen molar-refractivity contribution in [2.75, 3.05) is 45.8 Å². The van der Waals surface area contributed by atoms with Crippen molar-refractivity contribution >= 4 is 17.8 Å². The number of nitrogens with zero attached hydrogens (tertiary/aromatic N) is 1.